The molecule has 0 aromatic heterocycles. The Morgan fingerprint density at radius 2 is 1.87 bits per heavy atom. The van der Waals surface area contributed by atoms with Gasteiger partial charge in [0.15, 0.2) is 11.5 Å². The fraction of sp³-hybridized carbons (Fsp3) is 0.500. The lowest BCUT2D eigenvalue weighted by atomic mass is 10.1. The minimum Gasteiger partial charge on any atom is -0.491 e. The van der Waals surface area contributed by atoms with E-state index in [-0.39, 0.29) is 5.91 Å². The highest BCUT2D eigenvalue weighted by Gasteiger charge is 2.11. The number of ether oxygens (including phenoxy) is 2. The molecule has 23 heavy (non-hydrogen) atoms. The first-order valence-corrected chi connectivity index (χ1v) is 8.42. The van der Waals surface area contributed by atoms with E-state index in [4.69, 9.17) is 21.1 Å². The molecule has 0 saturated carbocycles. The highest BCUT2D eigenvalue weighted by molar-refractivity contribution is 6.32. The van der Waals surface area contributed by atoms with Crippen molar-refractivity contribution in [1.29, 1.82) is 0 Å². The van der Waals surface area contributed by atoms with Gasteiger partial charge in [0.2, 0.25) is 5.91 Å². The van der Waals surface area contributed by atoms with Crippen LogP contribution in [0.25, 0.3) is 6.08 Å². The Balaban J connectivity index is 2.96. The molecule has 0 radical (unpaired) electrons. The van der Waals surface area contributed by atoms with Gasteiger partial charge in [-0.2, -0.15) is 0 Å². The van der Waals surface area contributed by atoms with Gasteiger partial charge in [0.25, 0.3) is 0 Å². The summed E-state index contributed by atoms with van der Waals surface area (Å²) in [5.41, 5.74) is 0.806. The third-order valence-corrected chi connectivity index (χ3v) is 3.53. The van der Waals surface area contributed by atoms with Crippen molar-refractivity contribution in [3.63, 3.8) is 0 Å². The first-order valence-electron chi connectivity index (χ1n) is 8.04. The largest absolute Gasteiger partial charge is 0.491 e. The second-order valence-electron chi connectivity index (χ2n) is 5.13. The number of halogens is 1. The molecule has 0 saturated heterocycles. The van der Waals surface area contributed by atoms with Gasteiger partial charge in [-0.1, -0.05) is 25.4 Å². The van der Waals surface area contributed by atoms with Crippen LogP contribution < -0.4 is 9.47 Å². The van der Waals surface area contributed by atoms with E-state index in [1.807, 2.05) is 17.9 Å². The van der Waals surface area contributed by atoms with Crippen molar-refractivity contribution >= 4 is 23.6 Å². The van der Waals surface area contributed by atoms with Crippen LogP contribution in [0.5, 0.6) is 11.5 Å². The molecule has 0 aliphatic rings. The molecule has 128 valence electrons. The van der Waals surface area contributed by atoms with Crippen molar-refractivity contribution in [1.82, 2.24) is 4.90 Å². The molecule has 1 rings (SSSR count). The summed E-state index contributed by atoms with van der Waals surface area (Å²) in [5.74, 6) is 1.10. The number of nitrogens with zero attached hydrogens (tertiary/aromatic N) is 1. The molecular formula is C18H26ClNO3. The van der Waals surface area contributed by atoms with Gasteiger partial charge in [-0.15, -0.1) is 0 Å². The number of carbonyl (C=O) groups is 1. The molecule has 0 atom stereocenters. The van der Waals surface area contributed by atoms with Crippen molar-refractivity contribution in [3.05, 3.63) is 28.8 Å². The molecule has 0 aliphatic carbocycles. The van der Waals surface area contributed by atoms with Crippen molar-refractivity contribution < 1.29 is 14.3 Å². The molecule has 0 bridgehead atoms. The van der Waals surface area contributed by atoms with Crippen LogP contribution in [0.2, 0.25) is 5.02 Å². The Kier molecular flexibility index (Phi) is 8.56. The quantitative estimate of drug-likeness (QED) is 0.625. The molecule has 5 heteroatoms. The summed E-state index contributed by atoms with van der Waals surface area (Å²) >= 11 is 6.21. The van der Waals surface area contributed by atoms with Gasteiger partial charge in [0.05, 0.1) is 18.7 Å². The van der Waals surface area contributed by atoms with Crippen molar-refractivity contribution in [2.24, 2.45) is 0 Å². The topological polar surface area (TPSA) is 38.8 Å². The molecular weight excluding hydrogens is 314 g/mol. The first-order chi connectivity index (χ1) is 11.1. The Bertz CT molecular complexity index is 537. The zero-order valence-corrected chi connectivity index (χ0v) is 15.2. The summed E-state index contributed by atoms with van der Waals surface area (Å²) in [6.07, 6.45) is 5.23. The third-order valence-electron chi connectivity index (χ3n) is 3.25. The second kappa shape index (κ2) is 10.2. The number of hydrogen-bond donors (Lipinski definition) is 0. The highest BCUT2D eigenvalue weighted by Crippen LogP contribution is 2.36. The fourth-order valence-corrected chi connectivity index (χ4v) is 2.59. The highest BCUT2D eigenvalue weighted by atomic mass is 35.5. The average Bonchev–Trinajstić information content (AvgIpc) is 2.52. The number of carbonyl (C=O) groups excluding carboxylic acids is 1. The van der Waals surface area contributed by atoms with Crippen molar-refractivity contribution in [3.8, 4) is 11.5 Å². The van der Waals surface area contributed by atoms with Crippen LogP contribution in [-0.4, -0.2) is 37.6 Å². The van der Waals surface area contributed by atoms with E-state index in [9.17, 15) is 4.79 Å². The molecule has 0 spiro atoms. The minimum atomic E-state index is 0.0126. The van der Waals surface area contributed by atoms with Crippen LogP contribution in [0.15, 0.2) is 18.2 Å². The molecule has 1 amide bonds. The molecule has 1 aromatic carbocycles. The normalized spacial score (nSPS) is 10.8. The zero-order valence-electron chi connectivity index (χ0n) is 14.4. The second-order valence-corrected chi connectivity index (χ2v) is 5.53. The van der Waals surface area contributed by atoms with Gasteiger partial charge in [0, 0.05) is 19.2 Å². The maximum absolute atomic E-state index is 12.3. The van der Waals surface area contributed by atoms with Crippen LogP contribution in [-0.2, 0) is 4.79 Å². The molecule has 0 N–H and O–H groups in total. The summed E-state index contributed by atoms with van der Waals surface area (Å²) in [6, 6.07) is 3.58. The Hall–Kier alpha value is -1.68. The summed E-state index contributed by atoms with van der Waals surface area (Å²) < 4.78 is 10.8. The summed E-state index contributed by atoms with van der Waals surface area (Å²) in [6.45, 7) is 8.08. The molecule has 4 nitrogen and oxygen atoms in total. The summed E-state index contributed by atoms with van der Waals surface area (Å²) in [7, 11) is 1.55. The van der Waals surface area contributed by atoms with Gasteiger partial charge in [-0.25, -0.2) is 0 Å². The maximum Gasteiger partial charge on any atom is 0.246 e. The molecule has 0 heterocycles. The maximum atomic E-state index is 12.3. The van der Waals surface area contributed by atoms with Crippen LogP contribution >= 0.6 is 11.6 Å². The molecule has 1 aromatic rings. The number of benzene rings is 1. The van der Waals surface area contributed by atoms with Crippen molar-refractivity contribution in [2.75, 3.05) is 26.8 Å². The van der Waals surface area contributed by atoms with Crippen molar-refractivity contribution in [2.45, 2.75) is 33.6 Å². The lowest BCUT2D eigenvalue weighted by Crippen LogP contribution is -2.30. The zero-order chi connectivity index (χ0) is 17.2. The standard InChI is InChI=1S/C18H26ClNO3/c1-5-10-20(11-6-2)17(21)9-8-14-12-15(19)18(22-4)16(13-14)23-7-3/h8-9,12-13H,5-7,10-11H2,1-4H3/b9-8+. The van der Waals surface area contributed by atoms with Gasteiger partial charge in [-0.3, -0.25) is 4.79 Å². The summed E-state index contributed by atoms with van der Waals surface area (Å²) in [5, 5.41) is 0.463. The average molecular weight is 340 g/mol. The van der Waals surface area contributed by atoms with Gasteiger partial charge < -0.3 is 14.4 Å². The van der Waals surface area contributed by atoms with Gasteiger partial charge in [-0.05, 0) is 43.5 Å². The number of amides is 1. The van der Waals surface area contributed by atoms with E-state index in [0.717, 1.165) is 31.5 Å². The van der Waals surface area contributed by atoms with E-state index >= 15 is 0 Å². The van der Waals surface area contributed by atoms with E-state index in [1.54, 1.807) is 25.3 Å². The Labute approximate surface area is 144 Å². The lowest BCUT2D eigenvalue weighted by molar-refractivity contribution is -0.126. The molecule has 0 unspecified atom stereocenters. The SMILES string of the molecule is CCCN(CCC)C(=O)/C=C/c1cc(Cl)c(OC)c(OCC)c1. The Morgan fingerprint density at radius 1 is 1.22 bits per heavy atom. The number of hydrogen-bond acceptors (Lipinski definition) is 3. The summed E-state index contributed by atoms with van der Waals surface area (Å²) in [4.78, 5) is 14.1. The predicted molar refractivity (Wildman–Crippen MR) is 95.4 cm³/mol. The van der Waals surface area contributed by atoms with Crippen LogP contribution in [0, 0.1) is 0 Å². The monoisotopic (exact) mass is 339 g/mol. The lowest BCUT2D eigenvalue weighted by Gasteiger charge is -2.19. The molecule has 0 aliphatic heterocycles. The predicted octanol–water partition coefficient (Wildman–Crippen LogP) is 4.41. The van der Waals surface area contributed by atoms with E-state index in [2.05, 4.69) is 13.8 Å². The fourth-order valence-electron chi connectivity index (χ4n) is 2.29. The minimum absolute atomic E-state index is 0.0126. The molecule has 0 fully saturated rings. The van der Waals surface area contributed by atoms with Gasteiger partial charge >= 0.3 is 0 Å². The van der Waals surface area contributed by atoms with Crippen LogP contribution in [0.1, 0.15) is 39.2 Å². The van der Waals surface area contributed by atoms with E-state index in [0.29, 0.717) is 23.1 Å². The third kappa shape index (κ3) is 5.79. The van der Waals surface area contributed by atoms with Crippen LogP contribution in [0.3, 0.4) is 0 Å². The smallest absolute Gasteiger partial charge is 0.246 e. The van der Waals surface area contributed by atoms with E-state index < -0.39 is 0 Å². The van der Waals surface area contributed by atoms with E-state index in [1.165, 1.54) is 0 Å². The van der Waals surface area contributed by atoms with Gasteiger partial charge in [0.1, 0.15) is 0 Å². The Morgan fingerprint density at radius 3 is 2.39 bits per heavy atom. The van der Waals surface area contributed by atoms with Crippen LogP contribution in [0.4, 0.5) is 0 Å². The first kappa shape index (κ1) is 19.4. The number of methoxy groups -OCH3 is 1. The number of rotatable bonds is 9.